The van der Waals surface area contributed by atoms with Crippen molar-refractivity contribution in [3.05, 3.63) is 18.3 Å². The van der Waals surface area contributed by atoms with Crippen LogP contribution in [-0.2, 0) is 0 Å². The van der Waals surface area contributed by atoms with E-state index >= 15 is 0 Å². The highest BCUT2D eigenvalue weighted by molar-refractivity contribution is 8.00. The average molecular weight is 251 g/mol. The number of hydrogen-bond acceptors (Lipinski definition) is 4. The summed E-state index contributed by atoms with van der Waals surface area (Å²) < 4.78 is 0.458. The fraction of sp³-hybridized carbons (Fsp3) is 0.615. The van der Waals surface area contributed by atoms with Crippen molar-refractivity contribution in [3.63, 3.8) is 0 Å². The van der Waals surface area contributed by atoms with Gasteiger partial charge in [-0.25, -0.2) is 4.98 Å². The third kappa shape index (κ3) is 2.68. The van der Waals surface area contributed by atoms with Gasteiger partial charge in [0.2, 0.25) is 0 Å². The molecule has 1 aromatic heterocycles. The van der Waals surface area contributed by atoms with Gasteiger partial charge >= 0.3 is 0 Å². The second-order valence-corrected chi connectivity index (χ2v) is 6.14. The molecule has 1 fully saturated rings. The summed E-state index contributed by atoms with van der Waals surface area (Å²) in [5, 5.41) is 3.56. The molecule has 0 bridgehead atoms. The average Bonchev–Trinajstić information content (AvgIpc) is 2.28. The predicted molar refractivity (Wildman–Crippen MR) is 77.2 cm³/mol. The Labute approximate surface area is 108 Å². The van der Waals surface area contributed by atoms with Crippen molar-refractivity contribution in [2.24, 2.45) is 0 Å². The monoisotopic (exact) mass is 251 g/mol. The van der Waals surface area contributed by atoms with Crippen LogP contribution < -0.4 is 10.2 Å². The zero-order valence-corrected chi connectivity index (χ0v) is 11.7. The van der Waals surface area contributed by atoms with Gasteiger partial charge in [-0.1, -0.05) is 6.42 Å². The summed E-state index contributed by atoms with van der Waals surface area (Å²) in [4.78, 5) is 6.46. The molecule has 0 saturated heterocycles. The Morgan fingerprint density at radius 2 is 2.24 bits per heavy atom. The fourth-order valence-electron chi connectivity index (χ4n) is 2.17. The maximum absolute atomic E-state index is 4.41. The third-order valence-electron chi connectivity index (χ3n) is 3.51. The first kappa shape index (κ1) is 12.6. The van der Waals surface area contributed by atoms with Crippen molar-refractivity contribution in [3.8, 4) is 0 Å². The van der Waals surface area contributed by atoms with E-state index in [-0.39, 0.29) is 0 Å². The van der Waals surface area contributed by atoms with Crippen LogP contribution in [0.1, 0.15) is 19.3 Å². The van der Waals surface area contributed by atoms with E-state index in [4.69, 9.17) is 0 Å². The van der Waals surface area contributed by atoms with E-state index in [9.17, 15) is 0 Å². The lowest BCUT2D eigenvalue weighted by Crippen LogP contribution is -2.40. The molecule has 1 aromatic rings. The maximum Gasteiger partial charge on any atom is 0.151 e. The number of anilines is 2. The second-order valence-electron chi connectivity index (χ2n) is 4.86. The molecule has 1 saturated carbocycles. The molecule has 0 unspecified atom stereocenters. The highest BCUT2D eigenvalue weighted by atomic mass is 32.2. The molecule has 4 heteroatoms. The predicted octanol–water partition coefficient (Wildman–Crippen LogP) is 2.85. The number of nitrogens with one attached hydrogen (secondary N) is 1. The van der Waals surface area contributed by atoms with Gasteiger partial charge in [-0.2, -0.15) is 11.8 Å². The van der Waals surface area contributed by atoms with E-state index in [1.165, 1.54) is 19.3 Å². The lowest BCUT2D eigenvalue weighted by Gasteiger charge is -2.40. The molecule has 0 amide bonds. The Morgan fingerprint density at radius 3 is 2.76 bits per heavy atom. The van der Waals surface area contributed by atoms with E-state index in [1.807, 2.05) is 38.1 Å². The summed E-state index contributed by atoms with van der Waals surface area (Å²) in [6.45, 7) is 1.04. The highest BCUT2D eigenvalue weighted by Crippen LogP contribution is 2.43. The number of hydrogen-bond donors (Lipinski definition) is 1. The van der Waals surface area contributed by atoms with Crippen molar-refractivity contribution in [1.82, 2.24) is 4.98 Å². The molecule has 1 heterocycles. The minimum atomic E-state index is 0.458. The van der Waals surface area contributed by atoms with E-state index in [1.54, 1.807) is 0 Å². The number of thioether (sulfide) groups is 1. The van der Waals surface area contributed by atoms with Crippen LogP contribution in [-0.4, -0.2) is 36.6 Å². The third-order valence-corrected chi connectivity index (χ3v) is 4.93. The normalized spacial score (nSPS) is 17.4. The minimum Gasteiger partial charge on any atom is -0.381 e. The first-order valence-electron chi connectivity index (χ1n) is 6.08. The molecule has 3 nitrogen and oxygen atoms in total. The van der Waals surface area contributed by atoms with Gasteiger partial charge in [0.1, 0.15) is 0 Å². The lowest BCUT2D eigenvalue weighted by molar-refractivity contribution is 0.380. The van der Waals surface area contributed by atoms with E-state index < -0.39 is 0 Å². The van der Waals surface area contributed by atoms with Crippen LogP contribution in [0.15, 0.2) is 18.3 Å². The first-order chi connectivity index (χ1) is 8.17. The van der Waals surface area contributed by atoms with Crippen LogP contribution in [0.3, 0.4) is 0 Å². The lowest BCUT2D eigenvalue weighted by atomic mass is 9.84. The quantitative estimate of drug-likeness (QED) is 0.871. The Kier molecular flexibility index (Phi) is 3.82. The molecule has 1 aliphatic rings. The number of nitrogens with zero attached hydrogens (tertiary/aromatic N) is 2. The van der Waals surface area contributed by atoms with Crippen molar-refractivity contribution < 1.29 is 0 Å². The zero-order chi connectivity index (χ0) is 12.3. The van der Waals surface area contributed by atoms with Gasteiger partial charge in [-0.05, 0) is 31.2 Å². The maximum atomic E-state index is 4.41. The SMILES string of the molecule is CSC1(CNc2cccnc2N(C)C)CCC1. The topological polar surface area (TPSA) is 28.2 Å². The highest BCUT2D eigenvalue weighted by Gasteiger charge is 2.35. The van der Waals surface area contributed by atoms with E-state index in [0.717, 1.165) is 18.1 Å². The molecule has 94 valence electrons. The first-order valence-corrected chi connectivity index (χ1v) is 7.31. The van der Waals surface area contributed by atoms with Crippen molar-refractivity contribution >= 4 is 23.3 Å². The van der Waals surface area contributed by atoms with Gasteiger partial charge < -0.3 is 10.2 Å². The zero-order valence-electron chi connectivity index (χ0n) is 10.9. The van der Waals surface area contributed by atoms with Crippen molar-refractivity contribution in [1.29, 1.82) is 0 Å². The molecule has 0 aromatic carbocycles. The Balaban J connectivity index is 2.03. The van der Waals surface area contributed by atoms with Gasteiger partial charge in [0.05, 0.1) is 5.69 Å². The van der Waals surface area contributed by atoms with Crippen molar-refractivity contribution in [2.75, 3.05) is 37.1 Å². The van der Waals surface area contributed by atoms with E-state index in [2.05, 4.69) is 27.5 Å². The van der Waals surface area contributed by atoms with Crippen LogP contribution >= 0.6 is 11.8 Å². The van der Waals surface area contributed by atoms with Gasteiger partial charge in [0, 0.05) is 31.6 Å². The molecular weight excluding hydrogens is 230 g/mol. The van der Waals surface area contributed by atoms with Crippen LogP contribution in [0.25, 0.3) is 0 Å². The smallest absolute Gasteiger partial charge is 0.151 e. The molecule has 0 spiro atoms. The van der Waals surface area contributed by atoms with Crippen LogP contribution in [0.5, 0.6) is 0 Å². The molecule has 17 heavy (non-hydrogen) atoms. The Morgan fingerprint density at radius 1 is 1.47 bits per heavy atom. The molecular formula is C13H21N3S. The second kappa shape index (κ2) is 5.17. The minimum absolute atomic E-state index is 0.458. The standard InChI is InChI=1S/C13H21N3S/c1-16(2)12-11(6-4-9-14-12)15-10-13(17-3)7-5-8-13/h4,6,9,15H,5,7-8,10H2,1-3H3. The number of aromatic nitrogens is 1. The Bertz CT molecular complexity index is 369. The molecule has 0 radical (unpaired) electrons. The largest absolute Gasteiger partial charge is 0.381 e. The van der Waals surface area contributed by atoms with Gasteiger partial charge in [-0.15, -0.1) is 0 Å². The summed E-state index contributed by atoms with van der Waals surface area (Å²) in [6.07, 6.45) is 8.10. The molecule has 1 N–H and O–H groups in total. The summed E-state index contributed by atoms with van der Waals surface area (Å²) in [6, 6.07) is 4.09. The molecule has 1 aliphatic carbocycles. The summed E-state index contributed by atoms with van der Waals surface area (Å²) in [5.74, 6) is 1.02. The molecule has 0 aliphatic heterocycles. The van der Waals surface area contributed by atoms with Crippen molar-refractivity contribution in [2.45, 2.75) is 24.0 Å². The van der Waals surface area contributed by atoms with Gasteiger partial charge in [0.15, 0.2) is 5.82 Å². The van der Waals surface area contributed by atoms with Crippen LogP contribution in [0.4, 0.5) is 11.5 Å². The molecule has 0 atom stereocenters. The summed E-state index contributed by atoms with van der Waals surface area (Å²) >= 11 is 2.00. The summed E-state index contributed by atoms with van der Waals surface area (Å²) in [7, 11) is 4.06. The molecule has 2 rings (SSSR count). The fourth-order valence-corrected chi connectivity index (χ4v) is 3.09. The summed E-state index contributed by atoms with van der Waals surface area (Å²) in [5.41, 5.74) is 1.14. The Hall–Kier alpha value is -0.900. The van der Waals surface area contributed by atoms with Gasteiger partial charge in [-0.3, -0.25) is 0 Å². The van der Waals surface area contributed by atoms with Crippen LogP contribution in [0.2, 0.25) is 0 Å². The van der Waals surface area contributed by atoms with Crippen LogP contribution in [0, 0.1) is 0 Å². The van der Waals surface area contributed by atoms with Gasteiger partial charge in [0.25, 0.3) is 0 Å². The number of pyridine rings is 1. The number of rotatable bonds is 5. The van der Waals surface area contributed by atoms with E-state index in [0.29, 0.717) is 4.75 Å².